The third kappa shape index (κ3) is 2.57. The van der Waals surface area contributed by atoms with E-state index in [9.17, 15) is 9.59 Å². The molecular formula is C13H16N2O3. The predicted octanol–water partition coefficient (Wildman–Crippen LogP) is 0.946. The number of ether oxygens (including phenoxy) is 1. The number of carbonyl (C=O) groups excluding carboxylic acids is 2. The highest BCUT2D eigenvalue weighted by molar-refractivity contribution is 6.00. The Balaban J connectivity index is 2.11. The standard InChI is InChI=1S/C13H16N2O3/c1-9(16)10-3-2-4-11(7-10)15-12(17)13(14)5-6-18-8-13/h2-4,7H,5-6,8,14H2,1H3,(H,15,17). The molecule has 1 aliphatic rings. The smallest absolute Gasteiger partial charge is 0.246 e. The van der Waals surface area contributed by atoms with Crippen molar-refractivity contribution in [1.29, 1.82) is 0 Å². The number of rotatable bonds is 3. The minimum absolute atomic E-state index is 0.0437. The molecule has 96 valence electrons. The summed E-state index contributed by atoms with van der Waals surface area (Å²) >= 11 is 0. The molecule has 1 saturated heterocycles. The third-order valence-corrected chi connectivity index (χ3v) is 3.03. The fraction of sp³-hybridized carbons (Fsp3) is 0.385. The number of carbonyl (C=O) groups is 2. The lowest BCUT2D eigenvalue weighted by Gasteiger charge is -2.20. The van der Waals surface area contributed by atoms with Crippen LogP contribution in [-0.4, -0.2) is 30.4 Å². The Morgan fingerprint density at radius 2 is 2.22 bits per heavy atom. The van der Waals surface area contributed by atoms with Crippen molar-refractivity contribution in [3.8, 4) is 0 Å². The molecule has 0 saturated carbocycles. The van der Waals surface area contributed by atoms with E-state index in [0.29, 0.717) is 24.3 Å². The molecule has 1 heterocycles. The van der Waals surface area contributed by atoms with Gasteiger partial charge >= 0.3 is 0 Å². The van der Waals surface area contributed by atoms with Crippen LogP contribution in [0.25, 0.3) is 0 Å². The number of ketones is 1. The van der Waals surface area contributed by atoms with Gasteiger partial charge in [0.2, 0.25) is 5.91 Å². The van der Waals surface area contributed by atoms with E-state index in [0.717, 1.165) is 0 Å². The Morgan fingerprint density at radius 1 is 1.44 bits per heavy atom. The fourth-order valence-corrected chi connectivity index (χ4v) is 1.83. The molecule has 3 N–H and O–H groups in total. The maximum atomic E-state index is 12.0. The van der Waals surface area contributed by atoms with Crippen LogP contribution in [0.4, 0.5) is 5.69 Å². The molecular weight excluding hydrogens is 232 g/mol. The van der Waals surface area contributed by atoms with Crippen molar-refractivity contribution in [3.63, 3.8) is 0 Å². The topological polar surface area (TPSA) is 81.4 Å². The minimum Gasteiger partial charge on any atom is -0.379 e. The number of amides is 1. The first-order chi connectivity index (χ1) is 8.51. The number of hydrogen-bond acceptors (Lipinski definition) is 4. The summed E-state index contributed by atoms with van der Waals surface area (Å²) in [7, 11) is 0. The van der Waals surface area contributed by atoms with E-state index in [1.54, 1.807) is 24.3 Å². The zero-order valence-corrected chi connectivity index (χ0v) is 10.2. The van der Waals surface area contributed by atoms with E-state index >= 15 is 0 Å². The van der Waals surface area contributed by atoms with Crippen LogP contribution >= 0.6 is 0 Å². The summed E-state index contributed by atoms with van der Waals surface area (Å²) in [5.41, 5.74) is 6.11. The molecule has 1 aromatic carbocycles. The lowest BCUT2D eigenvalue weighted by atomic mass is 9.99. The second-order valence-electron chi connectivity index (χ2n) is 4.55. The quantitative estimate of drug-likeness (QED) is 0.780. The summed E-state index contributed by atoms with van der Waals surface area (Å²) in [4.78, 5) is 23.3. The van der Waals surface area contributed by atoms with Crippen LogP contribution in [0.1, 0.15) is 23.7 Å². The second-order valence-corrected chi connectivity index (χ2v) is 4.55. The number of nitrogens with one attached hydrogen (secondary N) is 1. The summed E-state index contributed by atoms with van der Waals surface area (Å²) in [5.74, 6) is -0.321. The van der Waals surface area contributed by atoms with E-state index in [1.807, 2.05) is 0 Å². The number of Topliss-reactive ketones (excluding diaryl/α,β-unsaturated/α-hetero) is 1. The molecule has 0 bridgehead atoms. The summed E-state index contributed by atoms with van der Waals surface area (Å²) < 4.78 is 5.14. The fourth-order valence-electron chi connectivity index (χ4n) is 1.83. The Bertz CT molecular complexity index is 479. The predicted molar refractivity (Wildman–Crippen MR) is 67.4 cm³/mol. The van der Waals surface area contributed by atoms with E-state index in [2.05, 4.69) is 5.32 Å². The van der Waals surface area contributed by atoms with Gasteiger partial charge in [-0.15, -0.1) is 0 Å². The molecule has 1 aliphatic heterocycles. The lowest BCUT2D eigenvalue weighted by molar-refractivity contribution is -0.121. The second kappa shape index (κ2) is 4.88. The van der Waals surface area contributed by atoms with Crippen molar-refractivity contribution >= 4 is 17.4 Å². The lowest BCUT2D eigenvalue weighted by Crippen LogP contribution is -2.51. The van der Waals surface area contributed by atoms with Crippen molar-refractivity contribution in [2.24, 2.45) is 5.73 Å². The molecule has 5 heteroatoms. The maximum Gasteiger partial charge on any atom is 0.246 e. The highest BCUT2D eigenvalue weighted by atomic mass is 16.5. The first-order valence-corrected chi connectivity index (χ1v) is 5.80. The van der Waals surface area contributed by atoms with Crippen molar-refractivity contribution in [1.82, 2.24) is 0 Å². The summed E-state index contributed by atoms with van der Waals surface area (Å²) in [6.07, 6.45) is 0.505. The van der Waals surface area contributed by atoms with Gasteiger partial charge in [-0.3, -0.25) is 9.59 Å². The van der Waals surface area contributed by atoms with Gasteiger partial charge in [-0.1, -0.05) is 12.1 Å². The SMILES string of the molecule is CC(=O)c1cccc(NC(=O)C2(N)CCOC2)c1. The largest absolute Gasteiger partial charge is 0.379 e. The van der Waals surface area contributed by atoms with Crippen molar-refractivity contribution in [2.75, 3.05) is 18.5 Å². The van der Waals surface area contributed by atoms with Crippen molar-refractivity contribution < 1.29 is 14.3 Å². The highest BCUT2D eigenvalue weighted by Crippen LogP contribution is 2.19. The average molecular weight is 248 g/mol. The van der Waals surface area contributed by atoms with Crippen LogP contribution in [0, 0.1) is 0 Å². The van der Waals surface area contributed by atoms with Crippen molar-refractivity contribution in [2.45, 2.75) is 18.9 Å². The van der Waals surface area contributed by atoms with Gasteiger partial charge in [0.25, 0.3) is 0 Å². The average Bonchev–Trinajstić information content (AvgIpc) is 2.78. The Hall–Kier alpha value is -1.72. The van der Waals surface area contributed by atoms with Crippen LogP contribution < -0.4 is 11.1 Å². The van der Waals surface area contributed by atoms with Gasteiger partial charge in [0.1, 0.15) is 5.54 Å². The van der Waals surface area contributed by atoms with Gasteiger partial charge in [-0.05, 0) is 25.5 Å². The first kappa shape index (κ1) is 12.7. The van der Waals surface area contributed by atoms with Gasteiger partial charge in [0.15, 0.2) is 5.78 Å². The monoisotopic (exact) mass is 248 g/mol. The molecule has 0 spiro atoms. The molecule has 0 aliphatic carbocycles. The normalized spacial score (nSPS) is 22.8. The summed E-state index contributed by atoms with van der Waals surface area (Å²) in [6.45, 7) is 2.21. The Morgan fingerprint density at radius 3 is 2.83 bits per heavy atom. The molecule has 1 aromatic rings. The number of benzene rings is 1. The number of hydrogen-bond donors (Lipinski definition) is 2. The highest BCUT2D eigenvalue weighted by Gasteiger charge is 2.38. The minimum atomic E-state index is -0.966. The van der Waals surface area contributed by atoms with Gasteiger partial charge in [0, 0.05) is 17.9 Å². The third-order valence-electron chi connectivity index (χ3n) is 3.03. The van der Waals surface area contributed by atoms with E-state index in [1.165, 1.54) is 6.92 Å². The zero-order valence-electron chi connectivity index (χ0n) is 10.2. The number of nitrogens with two attached hydrogens (primary N) is 1. The first-order valence-electron chi connectivity index (χ1n) is 5.80. The maximum absolute atomic E-state index is 12.0. The van der Waals surface area contributed by atoms with E-state index in [4.69, 9.17) is 10.5 Å². The molecule has 1 fully saturated rings. The Labute approximate surface area is 105 Å². The molecule has 1 amide bonds. The van der Waals surface area contributed by atoms with Gasteiger partial charge < -0.3 is 15.8 Å². The molecule has 18 heavy (non-hydrogen) atoms. The van der Waals surface area contributed by atoms with Crippen LogP contribution in [0.3, 0.4) is 0 Å². The van der Waals surface area contributed by atoms with Crippen LogP contribution in [0.2, 0.25) is 0 Å². The van der Waals surface area contributed by atoms with Crippen LogP contribution in [-0.2, 0) is 9.53 Å². The summed E-state index contributed by atoms with van der Waals surface area (Å²) in [5, 5.41) is 2.72. The van der Waals surface area contributed by atoms with E-state index in [-0.39, 0.29) is 18.3 Å². The van der Waals surface area contributed by atoms with Crippen LogP contribution in [0.5, 0.6) is 0 Å². The van der Waals surface area contributed by atoms with E-state index < -0.39 is 5.54 Å². The molecule has 5 nitrogen and oxygen atoms in total. The number of anilines is 1. The molecule has 0 radical (unpaired) electrons. The zero-order chi connectivity index (χ0) is 13.2. The van der Waals surface area contributed by atoms with Crippen LogP contribution in [0.15, 0.2) is 24.3 Å². The molecule has 1 unspecified atom stereocenters. The Kier molecular flexibility index (Phi) is 3.45. The van der Waals surface area contributed by atoms with Crippen molar-refractivity contribution in [3.05, 3.63) is 29.8 Å². The molecule has 1 atom stereocenters. The molecule has 0 aromatic heterocycles. The van der Waals surface area contributed by atoms with Gasteiger partial charge in [0.05, 0.1) is 6.61 Å². The molecule has 2 rings (SSSR count). The summed E-state index contributed by atoms with van der Waals surface area (Å²) in [6, 6.07) is 6.79. The van der Waals surface area contributed by atoms with Gasteiger partial charge in [-0.2, -0.15) is 0 Å². The van der Waals surface area contributed by atoms with Gasteiger partial charge in [-0.25, -0.2) is 0 Å².